The van der Waals surface area contributed by atoms with Gasteiger partial charge in [-0.25, -0.2) is 4.98 Å². The second-order valence-electron chi connectivity index (χ2n) is 1.90. The first-order chi connectivity index (χ1) is 5.77. The number of carbonyl (C=O) groups excluding carboxylic acids is 1. The monoisotopic (exact) mass is 169 g/mol. The summed E-state index contributed by atoms with van der Waals surface area (Å²) >= 11 is 0. The summed E-state index contributed by atoms with van der Waals surface area (Å²) in [6, 6.07) is 0.108. The van der Waals surface area contributed by atoms with Gasteiger partial charge in [0.15, 0.2) is 0 Å². The fourth-order valence-corrected chi connectivity index (χ4v) is 0.649. The van der Waals surface area contributed by atoms with Gasteiger partial charge in [0.05, 0.1) is 13.3 Å². The van der Waals surface area contributed by atoms with E-state index in [1.54, 1.807) is 0 Å². The molecule has 0 saturated heterocycles. The van der Waals surface area contributed by atoms with Gasteiger partial charge in [-0.15, -0.1) is 0 Å². The lowest BCUT2D eigenvalue weighted by Crippen LogP contribution is -2.14. The summed E-state index contributed by atoms with van der Waals surface area (Å²) in [6.45, 7) is 0. The number of hydrogen-bond donors (Lipinski definition) is 2. The predicted molar refractivity (Wildman–Crippen MR) is 41.1 cm³/mol. The summed E-state index contributed by atoms with van der Waals surface area (Å²) < 4.78 is 4.65. The van der Waals surface area contributed by atoms with E-state index in [0.717, 1.165) is 0 Å². The standard InChI is InChI=1S/C6H7N3O3/c1-12-6-7-2-4(8-3-10)5(11)9-6/h2-3H,1H3,(H,8,10)(H,7,9,11). The first-order valence-corrected chi connectivity index (χ1v) is 3.11. The minimum atomic E-state index is -0.450. The van der Waals surface area contributed by atoms with Crippen molar-refractivity contribution in [2.75, 3.05) is 12.4 Å². The lowest BCUT2D eigenvalue weighted by molar-refractivity contribution is -0.105. The summed E-state index contributed by atoms with van der Waals surface area (Å²) in [6.07, 6.45) is 1.62. The molecule has 1 amide bonds. The number of carbonyl (C=O) groups is 1. The van der Waals surface area contributed by atoms with E-state index in [0.29, 0.717) is 6.41 Å². The second kappa shape index (κ2) is 3.51. The van der Waals surface area contributed by atoms with Crippen LogP contribution in [-0.2, 0) is 4.79 Å². The van der Waals surface area contributed by atoms with E-state index >= 15 is 0 Å². The number of hydrogen-bond acceptors (Lipinski definition) is 4. The van der Waals surface area contributed by atoms with Crippen LogP contribution < -0.4 is 15.6 Å². The van der Waals surface area contributed by atoms with Gasteiger partial charge in [0, 0.05) is 0 Å². The molecule has 0 saturated carbocycles. The molecule has 0 aliphatic carbocycles. The maximum atomic E-state index is 11.0. The zero-order chi connectivity index (χ0) is 8.97. The zero-order valence-electron chi connectivity index (χ0n) is 6.33. The lowest BCUT2D eigenvalue weighted by Gasteiger charge is -1.98. The smallest absolute Gasteiger partial charge is 0.296 e. The van der Waals surface area contributed by atoms with Gasteiger partial charge in [0.25, 0.3) is 11.6 Å². The van der Waals surface area contributed by atoms with Crippen LogP contribution >= 0.6 is 0 Å². The van der Waals surface area contributed by atoms with Crippen LogP contribution in [0.1, 0.15) is 0 Å². The summed E-state index contributed by atoms with van der Waals surface area (Å²) in [5.74, 6) is 0. The minimum absolute atomic E-state index is 0.0887. The molecule has 2 N–H and O–H groups in total. The highest BCUT2D eigenvalue weighted by atomic mass is 16.5. The Bertz CT molecular complexity index is 333. The fourth-order valence-electron chi connectivity index (χ4n) is 0.649. The Balaban J connectivity index is 3.03. The van der Waals surface area contributed by atoms with E-state index in [1.807, 2.05) is 0 Å². The first kappa shape index (κ1) is 8.25. The Morgan fingerprint density at radius 1 is 1.75 bits per heavy atom. The largest absolute Gasteiger partial charge is 0.468 e. The summed E-state index contributed by atoms with van der Waals surface area (Å²) in [5.41, 5.74) is -0.361. The molecule has 0 aromatic carbocycles. The first-order valence-electron chi connectivity index (χ1n) is 3.11. The van der Waals surface area contributed by atoms with Gasteiger partial charge in [0.1, 0.15) is 5.69 Å². The highest BCUT2D eigenvalue weighted by Gasteiger charge is 1.99. The molecule has 1 rings (SSSR count). The summed E-state index contributed by atoms with van der Waals surface area (Å²) in [7, 11) is 1.38. The van der Waals surface area contributed by atoms with Crippen molar-refractivity contribution in [3.8, 4) is 6.01 Å². The molecule has 12 heavy (non-hydrogen) atoms. The second-order valence-corrected chi connectivity index (χ2v) is 1.90. The van der Waals surface area contributed by atoms with E-state index in [2.05, 4.69) is 20.0 Å². The molecule has 0 fully saturated rings. The van der Waals surface area contributed by atoms with Crippen LogP contribution in [0.15, 0.2) is 11.0 Å². The molecule has 0 aliphatic heterocycles. The number of ether oxygens (including phenoxy) is 1. The van der Waals surface area contributed by atoms with Crippen LogP contribution in [0.3, 0.4) is 0 Å². The van der Waals surface area contributed by atoms with Crippen LogP contribution in [0.5, 0.6) is 6.01 Å². The van der Waals surface area contributed by atoms with Crippen LogP contribution in [0.4, 0.5) is 5.69 Å². The normalized spacial score (nSPS) is 9.08. The number of aromatic amines is 1. The van der Waals surface area contributed by atoms with Gasteiger partial charge in [-0.1, -0.05) is 0 Å². The molecule has 0 spiro atoms. The molecule has 0 atom stereocenters. The molecule has 1 heterocycles. The van der Waals surface area contributed by atoms with Gasteiger partial charge in [-0.3, -0.25) is 14.6 Å². The predicted octanol–water partition coefficient (Wildman–Crippen LogP) is -0.653. The molecule has 64 valence electrons. The van der Waals surface area contributed by atoms with Gasteiger partial charge in [-0.05, 0) is 0 Å². The number of amides is 1. The number of rotatable bonds is 3. The molecule has 0 bridgehead atoms. The van der Waals surface area contributed by atoms with E-state index in [4.69, 9.17) is 0 Å². The highest BCUT2D eigenvalue weighted by Crippen LogP contribution is 1.98. The Morgan fingerprint density at radius 3 is 3.00 bits per heavy atom. The topological polar surface area (TPSA) is 84.1 Å². The van der Waals surface area contributed by atoms with E-state index in [1.165, 1.54) is 13.3 Å². The van der Waals surface area contributed by atoms with E-state index in [-0.39, 0.29) is 11.7 Å². The third kappa shape index (κ3) is 1.60. The Morgan fingerprint density at radius 2 is 2.50 bits per heavy atom. The van der Waals surface area contributed by atoms with Crippen LogP contribution in [0, 0.1) is 0 Å². The lowest BCUT2D eigenvalue weighted by atomic mass is 10.5. The third-order valence-corrected chi connectivity index (χ3v) is 1.18. The Labute approximate surface area is 67.6 Å². The average molecular weight is 169 g/mol. The van der Waals surface area contributed by atoms with Gasteiger partial charge < -0.3 is 10.1 Å². The maximum Gasteiger partial charge on any atom is 0.296 e. The fraction of sp³-hybridized carbons (Fsp3) is 0.167. The number of nitrogens with zero attached hydrogens (tertiary/aromatic N) is 1. The van der Waals surface area contributed by atoms with Crippen molar-refractivity contribution in [2.45, 2.75) is 0 Å². The maximum absolute atomic E-state index is 11.0. The van der Waals surface area contributed by atoms with E-state index in [9.17, 15) is 9.59 Å². The number of H-pyrrole nitrogens is 1. The van der Waals surface area contributed by atoms with Crippen molar-refractivity contribution in [2.24, 2.45) is 0 Å². The Kier molecular flexibility index (Phi) is 2.42. The van der Waals surface area contributed by atoms with Crippen LogP contribution in [0.25, 0.3) is 0 Å². The molecule has 1 aromatic rings. The molecule has 0 unspecified atom stereocenters. The highest BCUT2D eigenvalue weighted by molar-refractivity contribution is 5.69. The van der Waals surface area contributed by atoms with Crippen molar-refractivity contribution in [3.05, 3.63) is 16.6 Å². The van der Waals surface area contributed by atoms with Crippen molar-refractivity contribution in [3.63, 3.8) is 0 Å². The van der Waals surface area contributed by atoms with Crippen molar-refractivity contribution < 1.29 is 9.53 Å². The van der Waals surface area contributed by atoms with Crippen LogP contribution in [0.2, 0.25) is 0 Å². The molecule has 0 aliphatic rings. The summed E-state index contributed by atoms with van der Waals surface area (Å²) in [5, 5.41) is 2.18. The molecule has 0 radical (unpaired) electrons. The third-order valence-electron chi connectivity index (χ3n) is 1.18. The zero-order valence-corrected chi connectivity index (χ0v) is 6.33. The van der Waals surface area contributed by atoms with Crippen LogP contribution in [-0.4, -0.2) is 23.5 Å². The molecular formula is C6H7N3O3. The molecule has 6 nitrogen and oxygen atoms in total. The Hall–Kier alpha value is -1.85. The average Bonchev–Trinajstić information content (AvgIpc) is 2.09. The SMILES string of the molecule is COc1ncc(NC=O)c(=O)[nH]1. The van der Waals surface area contributed by atoms with Gasteiger partial charge in [0.2, 0.25) is 6.41 Å². The molecular weight excluding hydrogens is 162 g/mol. The number of nitrogens with one attached hydrogen (secondary N) is 2. The summed E-state index contributed by atoms with van der Waals surface area (Å²) in [4.78, 5) is 26.9. The number of aromatic nitrogens is 2. The van der Waals surface area contributed by atoms with Crippen molar-refractivity contribution >= 4 is 12.1 Å². The quantitative estimate of drug-likeness (QED) is 0.588. The molecule has 1 aromatic heterocycles. The van der Waals surface area contributed by atoms with Crippen molar-refractivity contribution in [1.29, 1.82) is 0 Å². The minimum Gasteiger partial charge on any atom is -0.468 e. The van der Waals surface area contributed by atoms with E-state index < -0.39 is 5.56 Å². The van der Waals surface area contributed by atoms with Gasteiger partial charge in [-0.2, -0.15) is 0 Å². The number of methoxy groups -OCH3 is 1. The molecule has 6 heteroatoms. The number of anilines is 1. The van der Waals surface area contributed by atoms with Gasteiger partial charge >= 0.3 is 0 Å². The van der Waals surface area contributed by atoms with Crippen molar-refractivity contribution in [1.82, 2.24) is 9.97 Å².